The maximum absolute atomic E-state index is 13.4. The van der Waals surface area contributed by atoms with E-state index in [-0.39, 0.29) is 30.6 Å². The maximum atomic E-state index is 13.4. The number of ether oxygens (including phenoxy) is 2. The van der Waals surface area contributed by atoms with Crippen molar-refractivity contribution in [3.05, 3.63) is 76.5 Å². The van der Waals surface area contributed by atoms with Crippen LogP contribution in [0.2, 0.25) is 0 Å². The number of para-hydroxylation sites is 1. The third-order valence-electron chi connectivity index (χ3n) is 5.82. The van der Waals surface area contributed by atoms with Crippen molar-refractivity contribution in [2.75, 3.05) is 24.0 Å². The molecule has 2 aromatic heterocycles. The van der Waals surface area contributed by atoms with E-state index in [9.17, 15) is 9.59 Å². The molecule has 9 heteroatoms. The Hall–Kier alpha value is -3.72. The van der Waals surface area contributed by atoms with Crippen LogP contribution in [-0.2, 0) is 17.8 Å². The molecule has 2 aromatic carbocycles. The Labute approximate surface area is 192 Å². The van der Waals surface area contributed by atoms with E-state index in [4.69, 9.17) is 18.9 Å². The van der Waals surface area contributed by atoms with E-state index in [1.165, 1.54) is 17.3 Å². The predicted molar refractivity (Wildman–Crippen MR) is 123 cm³/mol. The lowest BCUT2D eigenvalue weighted by atomic mass is 10.2. The molecule has 166 valence electrons. The lowest BCUT2D eigenvalue weighted by Crippen LogP contribution is -2.31. The minimum absolute atomic E-state index is 0.0190. The zero-order valence-electron chi connectivity index (χ0n) is 17.5. The summed E-state index contributed by atoms with van der Waals surface area (Å²) in [4.78, 5) is 33.0. The summed E-state index contributed by atoms with van der Waals surface area (Å²) in [6.07, 6.45) is 2.41. The number of aromatic nitrogens is 2. The van der Waals surface area contributed by atoms with Gasteiger partial charge in [-0.15, -0.1) is 0 Å². The van der Waals surface area contributed by atoms with Crippen LogP contribution in [0.15, 0.2) is 69.2 Å². The Morgan fingerprint density at radius 1 is 1.09 bits per heavy atom. The normalized spacial score (nSPS) is 14.1. The van der Waals surface area contributed by atoms with Crippen LogP contribution in [0.4, 0.5) is 5.69 Å². The molecular formula is C24H19N3O5S. The lowest BCUT2D eigenvalue weighted by Gasteiger charge is -2.18. The third-order valence-corrected chi connectivity index (χ3v) is 6.78. The van der Waals surface area contributed by atoms with Gasteiger partial charge in [0.15, 0.2) is 16.7 Å². The number of furan rings is 1. The number of hydrogen-bond donors (Lipinski definition) is 0. The monoisotopic (exact) mass is 461 g/mol. The van der Waals surface area contributed by atoms with Gasteiger partial charge in [0.1, 0.15) is 5.76 Å². The Morgan fingerprint density at radius 2 is 1.94 bits per heavy atom. The summed E-state index contributed by atoms with van der Waals surface area (Å²) in [5.41, 5.74) is 2.40. The highest BCUT2D eigenvalue weighted by molar-refractivity contribution is 7.99. The van der Waals surface area contributed by atoms with Crippen molar-refractivity contribution in [1.29, 1.82) is 0 Å². The molecule has 2 aliphatic heterocycles. The standard InChI is InChI=1S/C24H19N3O5S/c28-22(26-8-7-15-4-1-2-6-19(15)26)13-33-24-25-18-11-21-20(31-14-32-21)10-17(18)23(29)27(24)12-16-5-3-9-30-16/h1-6,9-11H,7-8,12-14H2. The molecule has 4 heterocycles. The van der Waals surface area contributed by atoms with E-state index in [1.54, 1.807) is 40.0 Å². The highest BCUT2D eigenvalue weighted by Gasteiger charge is 2.25. The van der Waals surface area contributed by atoms with E-state index in [0.717, 1.165) is 12.1 Å². The number of benzene rings is 2. The number of rotatable bonds is 5. The summed E-state index contributed by atoms with van der Waals surface area (Å²) in [6, 6.07) is 14.9. The highest BCUT2D eigenvalue weighted by atomic mass is 32.2. The molecule has 6 rings (SSSR count). The summed E-state index contributed by atoms with van der Waals surface area (Å²) in [6.45, 7) is 0.985. The van der Waals surface area contributed by atoms with Gasteiger partial charge in [-0.25, -0.2) is 4.98 Å². The predicted octanol–water partition coefficient (Wildman–Crippen LogP) is 3.45. The molecule has 0 unspecified atom stereocenters. The first-order chi connectivity index (χ1) is 16.2. The summed E-state index contributed by atoms with van der Waals surface area (Å²) >= 11 is 1.25. The third kappa shape index (κ3) is 3.54. The van der Waals surface area contributed by atoms with Crippen LogP contribution < -0.4 is 19.9 Å². The number of fused-ring (bicyclic) bond motifs is 3. The van der Waals surface area contributed by atoms with Gasteiger partial charge in [-0.2, -0.15) is 0 Å². The van der Waals surface area contributed by atoms with Crippen molar-refractivity contribution >= 4 is 34.3 Å². The van der Waals surface area contributed by atoms with E-state index in [1.807, 2.05) is 24.3 Å². The fourth-order valence-corrected chi connectivity index (χ4v) is 5.07. The number of carbonyl (C=O) groups excluding carboxylic acids is 1. The molecular weight excluding hydrogens is 442 g/mol. The van der Waals surface area contributed by atoms with E-state index in [2.05, 4.69) is 0 Å². The van der Waals surface area contributed by atoms with Crippen LogP contribution in [0, 0.1) is 0 Å². The number of thioether (sulfide) groups is 1. The van der Waals surface area contributed by atoms with E-state index in [0.29, 0.717) is 39.9 Å². The minimum atomic E-state index is -0.226. The average molecular weight is 461 g/mol. The largest absolute Gasteiger partial charge is 0.467 e. The molecule has 0 bridgehead atoms. The van der Waals surface area contributed by atoms with E-state index >= 15 is 0 Å². The van der Waals surface area contributed by atoms with Crippen molar-refractivity contribution in [2.45, 2.75) is 18.1 Å². The topological polar surface area (TPSA) is 86.8 Å². The summed E-state index contributed by atoms with van der Waals surface area (Å²) in [5, 5.41) is 0.874. The van der Waals surface area contributed by atoms with Crippen molar-refractivity contribution < 1.29 is 18.7 Å². The van der Waals surface area contributed by atoms with Gasteiger partial charge in [0.2, 0.25) is 12.7 Å². The molecule has 0 N–H and O–H groups in total. The Bertz CT molecular complexity index is 1430. The second-order valence-electron chi connectivity index (χ2n) is 7.80. The first kappa shape index (κ1) is 19.9. The molecule has 4 aromatic rings. The average Bonchev–Trinajstić information content (AvgIpc) is 3.59. The molecule has 0 saturated heterocycles. The second kappa shape index (κ2) is 8.00. The van der Waals surface area contributed by atoms with Gasteiger partial charge in [-0.3, -0.25) is 14.2 Å². The van der Waals surface area contributed by atoms with Crippen LogP contribution in [-0.4, -0.2) is 34.5 Å². The molecule has 1 amide bonds. The van der Waals surface area contributed by atoms with Gasteiger partial charge >= 0.3 is 0 Å². The second-order valence-corrected chi connectivity index (χ2v) is 8.74. The minimum Gasteiger partial charge on any atom is -0.467 e. The Kier molecular flexibility index (Phi) is 4.83. The Morgan fingerprint density at radius 3 is 2.79 bits per heavy atom. The summed E-state index contributed by atoms with van der Waals surface area (Å²) in [7, 11) is 0. The molecule has 0 aliphatic carbocycles. The van der Waals surface area contributed by atoms with Gasteiger partial charge in [0.25, 0.3) is 5.56 Å². The molecule has 0 saturated carbocycles. The SMILES string of the molecule is O=C(CSc1nc2cc3c(cc2c(=O)n1Cc1ccco1)OCO3)N1CCc2ccccc21. The first-order valence-electron chi connectivity index (χ1n) is 10.5. The zero-order valence-corrected chi connectivity index (χ0v) is 18.3. The first-order valence-corrected chi connectivity index (χ1v) is 11.5. The molecule has 0 atom stereocenters. The summed E-state index contributed by atoms with van der Waals surface area (Å²) < 4.78 is 17.9. The number of nitrogens with zero attached hydrogens (tertiary/aromatic N) is 3. The van der Waals surface area contributed by atoms with E-state index < -0.39 is 0 Å². The van der Waals surface area contributed by atoms with Gasteiger partial charge < -0.3 is 18.8 Å². The summed E-state index contributed by atoms with van der Waals surface area (Å²) in [5.74, 6) is 1.85. The van der Waals surface area contributed by atoms with Crippen molar-refractivity contribution in [1.82, 2.24) is 9.55 Å². The number of hydrogen-bond acceptors (Lipinski definition) is 7. The highest BCUT2D eigenvalue weighted by Crippen LogP contribution is 2.35. The van der Waals surface area contributed by atoms with Crippen LogP contribution in [0.1, 0.15) is 11.3 Å². The fourth-order valence-electron chi connectivity index (χ4n) is 4.20. The molecule has 0 radical (unpaired) electrons. The molecule has 2 aliphatic rings. The smallest absolute Gasteiger partial charge is 0.262 e. The molecule has 0 spiro atoms. The number of amides is 1. The molecule has 33 heavy (non-hydrogen) atoms. The zero-order chi connectivity index (χ0) is 22.4. The van der Waals surface area contributed by atoms with Gasteiger partial charge in [-0.05, 0) is 36.2 Å². The maximum Gasteiger partial charge on any atom is 0.262 e. The van der Waals surface area contributed by atoms with Crippen LogP contribution >= 0.6 is 11.8 Å². The number of carbonyl (C=O) groups is 1. The van der Waals surface area contributed by atoms with Crippen LogP contribution in [0.3, 0.4) is 0 Å². The molecule has 8 nitrogen and oxygen atoms in total. The lowest BCUT2D eigenvalue weighted by molar-refractivity contribution is -0.116. The van der Waals surface area contributed by atoms with Crippen LogP contribution in [0.25, 0.3) is 10.9 Å². The van der Waals surface area contributed by atoms with Crippen molar-refractivity contribution in [2.24, 2.45) is 0 Å². The van der Waals surface area contributed by atoms with Gasteiger partial charge in [0.05, 0.1) is 29.5 Å². The quantitative estimate of drug-likeness (QED) is 0.332. The molecule has 0 fully saturated rings. The Balaban J connectivity index is 1.35. The number of anilines is 1. The van der Waals surface area contributed by atoms with Gasteiger partial charge in [0, 0.05) is 18.3 Å². The van der Waals surface area contributed by atoms with Crippen LogP contribution in [0.5, 0.6) is 11.5 Å². The fraction of sp³-hybridized carbons (Fsp3) is 0.208. The van der Waals surface area contributed by atoms with Crippen molar-refractivity contribution in [3.8, 4) is 11.5 Å². The van der Waals surface area contributed by atoms with Crippen molar-refractivity contribution in [3.63, 3.8) is 0 Å². The van der Waals surface area contributed by atoms with Gasteiger partial charge in [-0.1, -0.05) is 30.0 Å².